The van der Waals surface area contributed by atoms with E-state index in [1.807, 2.05) is 69.3 Å². The summed E-state index contributed by atoms with van der Waals surface area (Å²) in [6.45, 7) is 11.1. The van der Waals surface area contributed by atoms with Crippen LogP contribution in [0, 0.1) is 0 Å². The molecule has 7 nitrogen and oxygen atoms in total. The molecule has 2 N–H and O–H groups in total. The standard InChI is InChI=1S/C35H43NO6/c1-34(2,3)41-32(38)20-27-10-7-8-13-31(27)40-22-23-16-28(24-14-15-24)19-29(17-23)25-11-9-12-26(18-25)30(21-37)36-33(39)42-35(4,5)6/h7-13,16-19,24,30,37H,14-15,20-22H2,1-6H3,(H,36,39). The molecule has 1 unspecified atom stereocenters. The third-order valence-electron chi connectivity index (χ3n) is 6.68. The Bertz CT molecular complexity index is 1400. The van der Waals surface area contributed by atoms with Crippen molar-refractivity contribution >= 4 is 12.1 Å². The summed E-state index contributed by atoms with van der Waals surface area (Å²) in [5, 5.41) is 12.8. The maximum Gasteiger partial charge on any atom is 0.408 e. The number of esters is 1. The van der Waals surface area contributed by atoms with Gasteiger partial charge in [-0.05, 0) is 106 Å². The SMILES string of the molecule is CC(C)(C)OC(=O)Cc1ccccc1OCc1cc(-c2cccc(C(CO)NC(=O)OC(C)(C)C)c2)cc(C2CC2)c1. The van der Waals surface area contributed by atoms with Crippen LogP contribution in [0.25, 0.3) is 11.1 Å². The largest absolute Gasteiger partial charge is 0.489 e. The van der Waals surface area contributed by atoms with Crippen molar-refractivity contribution < 1.29 is 28.9 Å². The predicted molar refractivity (Wildman–Crippen MR) is 163 cm³/mol. The molecular weight excluding hydrogens is 530 g/mol. The normalized spacial score (nSPS) is 14.2. The molecule has 0 heterocycles. The van der Waals surface area contributed by atoms with Gasteiger partial charge in [-0.1, -0.05) is 48.5 Å². The molecule has 224 valence electrons. The number of aliphatic hydroxyl groups is 1. The fraction of sp³-hybridized carbons (Fsp3) is 0.429. The van der Waals surface area contributed by atoms with Gasteiger partial charge in [-0.15, -0.1) is 0 Å². The Morgan fingerprint density at radius 1 is 0.881 bits per heavy atom. The molecule has 0 bridgehead atoms. The second kappa shape index (κ2) is 13.0. The molecule has 1 atom stereocenters. The second-order valence-corrected chi connectivity index (χ2v) is 12.9. The maximum absolute atomic E-state index is 12.5. The summed E-state index contributed by atoms with van der Waals surface area (Å²) in [6.07, 6.45) is 1.88. The quantitative estimate of drug-likeness (QED) is 0.248. The monoisotopic (exact) mass is 573 g/mol. The predicted octanol–water partition coefficient (Wildman–Crippen LogP) is 7.25. The van der Waals surface area contributed by atoms with Gasteiger partial charge < -0.3 is 24.6 Å². The van der Waals surface area contributed by atoms with Crippen LogP contribution in [0.15, 0.2) is 66.7 Å². The first-order valence-electron chi connectivity index (χ1n) is 14.6. The van der Waals surface area contributed by atoms with Gasteiger partial charge in [-0.25, -0.2) is 4.79 Å². The smallest absolute Gasteiger partial charge is 0.408 e. The van der Waals surface area contributed by atoms with Crippen molar-refractivity contribution in [1.29, 1.82) is 0 Å². The zero-order chi connectivity index (χ0) is 30.5. The highest BCUT2D eigenvalue weighted by molar-refractivity contribution is 5.74. The van der Waals surface area contributed by atoms with Gasteiger partial charge in [0, 0.05) is 5.56 Å². The van der Waals surface area contributed by atoms with Crippen molar-refractivity contribution in [2.45, 2.75) is 90.6 Å². The Morgan fingerprint density at radius 2 is 1.60 bits per heavy atom. The molecular formula is C35H43NO6. The number of para-hydroxylation sites is 1. The van der Waals surface area contributed by atoms with Crippen LogP contribution in [-0.2, 0) is 27.3 Å². The molecule has 3 aromatic rings. The van der Waals surface area contributed by atoms with Gasteiger partial charge in [-0.3, -0.25) is 4.79 Å². The van der Waals surface area contributed by atoms with E-state index < -0.39 is 23.3 Å². The third kappa shape index (κ3) is 9.35. The number of rotatable bonds is 10. The van der Waals surface area contributed by atoms with E-state index in [1.165, 1.54) is 5.56 Å². The minimum absolute atomic E-state index is 0.136. The summed E-state index contributed by atoms with van der Waals surface area (Å²) in [6, 6.07) is 21.3. The number of nitrogens with one attached hydrogen (secondary N) is 1. The molecule has 7 heteroatoms. The van der Waals surface area contributed by atoms with Crippen molar-refractivity contribution in [2.75, 3.05) is 6.61 Å². The molecule has 0 saturated heterocycles. The fourth-order valence-corrected chi connectivity index (χ4v) is 4.72. The number of aliphatic hydroxyl groups excluding tert-OH is 1. The lowest BCUT2D eigenvalue weighted by Crippen LogP contribution is -2.36. The van der Waals surface area contributed by atoms with Gasteiger partial charge in [0.25, 0.3) is 0 Å². The van der Waals surface area contributed by atoms with E-state index >= 15 is 0 Å². The van der Waals surface area contributed by atoms with Crippen molar-refractivity contribution in [3.8, 4) is 16.9 Å². The zero-order valence-corrected chi connectivity index (χ0v) is 25.5. The first-order chi connectivity index (χ1) is 19.8. The lowest BCUT2D eigenvalue weighted by molar-refractivity contribution is -0.153. The van der Waals surface area contributed by atoms with Gasteiger partial charge in [0.15, 0.2) is 0 Å². The van der Waals surface area contributed by atoms with E-state index in [4.69, 9.17) is 14.2 Å². The number of benzene rings is 3. The van der Waals surface area contributed by atoms with E-state index in [1.54, 1.807) is 20.8 Å². The number of alkyl carbamates (subject to hydrolysis) is 1. The van der Waals surface area contributed by atoms with Crippen LogP contribution in [0.4, 0.5) is 4.79 Å². The van der Waals surface area contributed by atoms with Crippen molar-refractivity contribution in [2.24, 2.45) is 0 Å². The fourth-order valence-electron chi connectivity index (χ4n) is 4.72. The number of carbonyl (C=O) groups excluding carboxylic acids is 2. The summed E-state index contributed by atoms with van der Waals surface area (Å²) < 4.78 is 17.2. The first kappa shape index (κ1) is 31.1. The molecule has 42 heavy (non-hydrogen) atoms. The minimum Gasteiger partial charge on any atom is -0.489 e. The highest BCUT2D eigenvalue weighted by atomic mass is 16.6. The molecule has 0 radical (unpaired) electrons. The maximum atomic E-state index is 12.5. The van der Waals surface area contributed by atoms with Crippen LogP contribution < -0.4 is 10.1 Å². The third-order valence-corrected chi connectivity index (χ3v) is 6.68. The molecule has 1 fully saturated rings. The van der Waals surface area contributed by atoms with Gasteiger partial charge >= 0.3 is 12.1 Å². The number of ether oxygens (including phenoxy) is 3. The van der Waals surface area contributed by atoms with Crippen molar-refractivity contribution in [3.63, 3.8) is 0 Å². The summed E-state index contributed by atoms with van der Waals surface area (Å²) in [5.74, 6) is 0.895. The van der Waals surface area contributed by atoms with Crippen LogP contribution in [0.3, 0.4) is 0 Å². The number of hydrogen-bond acceptors (Lipinski definition) is 6. The Hall–Kier alpha value is -3.84. The first-order valence-corrected chi connectivity index (χ1v) is 14.6. The highest BCUT2D eigenvalue weighted by Crippen LogP contribution is 2.42. The molecule has 1 aliphatic carbocycles. The number of hydrogen-bond donors (Lipinski definition) is 2. The molecule has 0 spiro atoms. The van der Waals surface area contributed by atoms with E-state index in [0.717, 1.165) is 40.7 Å². The molecule has 0 aromatic heterocycles. The number of carbonyl (C=O) groups is 2. The van der Waals surface area contributed by atoms with Crippen LogP contribution in [0.5, 0.6) is 5.75 Å². The lowest BCUT2D eigenvalue weighted by Gasteiger charge is -2.23. The molecule has 4 rings (SSSR count). The summed E-state index contributed by atoms with van der Waals surface area (Å²) in [4.78, 5) is 24.9. The van der Waals surface area contributed by atoms with Gasteiger partial charge in [0.2, 0.25) is 0 Å². The van der Waals surface area contributed by atoms with Crippen molar-refractivity contribution in [3.05, 3.63) is 89.0 Å². The average molecular weight is 574 g/mol. The Kier molecular flexibility index (Phi) is 9.62. The summed E-state index contributed by atoms with van der Waals surface area (Å²) >= 11 is 0. The van der Waals surface area contributed by atoms with E-state index in [0.29, 0.717) is 18.3 Å². The zero-order valence-electron chi connectivity index (χ0n) is 25.5. The molecule has 3 aromatic carbocycles. The second-order valence-electron chi connectivity index (χ2n) is 12.9. The van der Waals surface area contributed by atoms with Crippen LogP contribution in [0.2, 0.25) is 0 Å². The lowest BCUT2D eigenvalue weighted by atomic mass is 9.95. The summed E-state index contributed by atoms with van der Waals surface area (Å²) in [7, 11) is 0. The van der Waals surface area contributed by atoms with Crippen molar-refractivity contribution in [1.82, 2.24) is 5.32 Å². The van der Waals surface area contributed by atoms with Gasteiger partial charge in [-0.2, -0.15) is 0 Å². The Morgan fingerprint density at radius 3 is 2.26 bits per heavy atom. The summed E-state index contributed by atoms with van der Waals surface area (Å²) in [5.41, 5.74) is 4.69. The van der Waals surface area contributed by atoms with Crippen LogP contribution >= 0.6 is 0 Å². The molecule has 1 amide bonds. The van der Waals surface area contributed by atoms with E-state index in [2.05, 4.69) is 23.5 Å². The Balaban J connectivity index is 1.54. The minimum atomic E-state index is -0.635. The highest BCUT2D eigenvalue weighted by Gasteiger charge is 2.25. The topological polar surface area (TPSA) is 94.1 Å². The van der Waals surface area contributed by atoms with Crippen LogP contribution in [0.1, 0.15) is 88.6 Å². The number of amides is 1. The van der Waals surface area contributed by atoms with Gasteiger partial charge in [0.1, 0.15) is 23.6 Å². The Labute approximate surface area is 249 Å². The van der Waals surface area contributed by atoms with E-state index in [-0.39, 0.29) is 19.0 Å². The van der Waals surface area contributed by atoms with Gasteiger partial charge in [0.05, 0.1) is 19.1 Å². The molecule has 0 aliphatic heterocycles. The molecule has 1 aliphatic rings. The average Bonchev–Trinajstić information content (AvgIpc) is 3.75. The van der Waals surface area contributed by atoms with E-state index in [9.17, 15) is 14.7 Å². The van der Waals surface area contributed by atoms with Crippen LogP contribution in [-0.4, -0.2) is 35.0 Å². The molecule has 1 saturated carbocycles.